The molecule has 0 amide bonds. The molecule has 0 aliphatic rings. The second-order valence-electron chi connectivity index (χ2n) is 8.61. The molecular weight excluding hydrogens is 428 g/mol. The Morgan fingerprint density at radius 3 is 2.11 bits per heavy atom. The summed E-state index contributed by atoms with van der Waals surface area (Å²) in [5, 5.41) is 3.60. The van der Waals surface area contributed by atoms with Crippen molar-refractivity contribution in [1.29, 1.82) is 0 Å². The number of benzene rings is 4. The summed E-state index contributed by atoms with van der Waals surface area (Å²) in [4.78, 5) is 4.43. The third-order valence-corrected chi connectivity index (χ3v) is 6.04. The monoisotopic (exact) mass is 456 g/mol. The van der Waals surface area contributed by atoms with Crippen LogP contribution in [0, 0.1) is 6.92 Å². The Morgan fingerprint density at radius 2 is 1.37 bits per heavy atom. The normalized spacial score (nSPS) is 10.7. The van der Waals surface area contributed by atoms with Gasteiger partial charge in [0.2, 0.25) is 0 Å². The first-order valence-corrected chi connectivity index (χ1v) is 11.9. The zero-order valence-corrected chi connectivity index (χ0v) is 19.8. The fourth-order valence-electron chi connectivity index (χ4n) is 4.10. The zero-order chi connectivity index (χ0) is 23.9. The summed E-state index contributed by atoms with van der Waals surface area (Å²) >= 11 is 0. The molecule has 0 unspecified atom stereocenters. The third kappa shape index (κ3) is 5.59. The first-order chi connectivity index (χ1) is 17.3. The highest BCUT2D eigenvalue weighted by atomic mass is 16.5. The summed E-state index contributed by atoms with van der Waals surface area (Å²) in [6, 6.07) is 37.7. The van der Waals surface area contributed by atoms with Crippen LogP contribution in [0.1, 0.15) is 16.7 Å². The molecule has 35 heavy (non-hydrogen) atoms. The molecule has 0 atom stereocenters. The van der Waals surface area contributed by atoms with Crippen LogP contribution in [-0.2, 0) is 13.2 Å². The molecule has 1 aromatic heterocycles. The van der Waals surface area contributed by atoms with Gasteiger partial charge in [-0.05, 0) is 52.9 Å². The van der Waals surface area contributed by atoms with Crippen molar-refractivity contribution in [3.05, 3.63) is 138 Å². The van der Waals surface area contributed by atoms with Gasteiger partial charge in [-0.2, -0.15) is 0 Å². The van der Waals surface area contributed by atoms with Gasteiger partial charge in [0.25, 0.3) is 0 Å². The molecule has 0 fully saturated rings. The molecule has 4 aromatic carbocycles. The van der Waals surface area contributed by atoms with Crippen molar-refractivity contribution in [3.63, 3.8) is 0 Å². The molecule has 3 nitrogen and oxygen atoms in total. The summed E-state index contributed by atoms with van der Waals surface area (Å²) in [6.45, 7) is 3.33. The van der Waals surface area contributed by atoms with Gasteiger partial charge in [0.15, 0.2) is 0 Å². The minimum atomic E-state index is 0.516. The molecule has 0 radical (unpaired) electrons. The van der Waals surface area contributed by atoms with Crippen molar-refractivity contribution >= 4 is 5.69 Å². The van der Waals surface area contributed by atoms with E-state index in [4.69, 9.17) is 4.74 Å². The smallest absolute Gasteiger partial charge is 0.142 e. The molecule has 0 bridgehead atoms. The lowest BCUT2D eigenvalue weighted by Gasteiger charge is -2.17. The average Bonchev–Trinajstić information content (AvgIpc) is 2.92. The van der Waals surface area contributed by atoms with Gasteiger partial charge < -0.3 is 10.1 Å². The summed E-state index contributed by atoms with van der Waals surface area (Å²) < 4.78 is 6.25. The van der Waals surface area contributed by atoms with Crippen LogP contribution in [0.4, 0.5) is 5.69 Å². The number of nitrogens with one attached hydrogen (secondary N) is 1. The van der Waals surface area contributed by atoms with Gasteiger partial charge in [0.05, 0.1) is 5.69 Å². The molecule has 172 valence electrons. The molecule has 0 spiro atoms. The van der Waals surface area contributed by atoms with Crippen molar-refractivity contribution in [2.75, 3.05) is 5.32 Å². The minimum Gasteiger partial charge on any atom is -0.487 e. The van der Waals surface area contributed by atoms with E-state index in [9.17, 15) is 0 Å². The van der Waals surface area contributed by atoms with Gasteiger partial charge in [0, 0.05) is 24.5 Å². The van der Waals surface area contributed by atoms with Crippen molar-refractivity contribution in [2.24, 2.45) is 0 Å². The quantitative estimate of drug-likeness (QED) is 0.257. The highest BCUT2D eigenvalue weighted by Gasteiger charge is 2.12. The predicted octanol–water partition coefficient (Wildman–Crippen LogP) is 7.92. The molecule has 1 N–H and O–H groups in total. The number of pyridine rings is 1. The first-order valence-electron chi connectivity index (χ1n) is 11.9. The SMILES string of the molecule is Cc1ccc(-c2ccncc2-c2ccc(OCc3ccccc3)c(NCc3ccccc3)c2)cc1. The lowest BCUT2D eigenvalue weighted by atomic mass is 9.95. The molecule has 0 aliphatic heterocycles. The highest BCUT2D eigenvalue weighted by molar-refractivity contribution is 5.84. The maximum absolute atomic E-state index is 6.25. The molecule has 1 heterocycles. The van der Waals surface area contributed by atoms with Gasteiger partial charge >= 0.3 is 0 Å². The van der Waals surface area contributed by atoms with Crippen LogP contribution >= 0.6 is 0 Å². The van der Waals surface area contributed by atoms with E-state index in [-0.39, 0.29) is 0 Å². The van der Waals surface area contributed by atoms with Crippen molar-refractivity contribution in [2.45, 2.75) is 20.1 Å². The lowest BCUT2D eigenvalue weighted by Crippen LogP contribution is -2.03. The largest absolute Gasteiger partial charge is 0.487 e. The lowest BCUT2D eigenvalue weighted by molar-refractivity contribution is 0.307. The van der Waals surface area contributed by atoms with Crippen LogP contribution < -0.4 is 10.1 Å². The van der Waals surface area contributed by atoms with Gasteiger partial charge in [-0.15, -0.1) is 0 Å². The van der Waals surface area contributed by atoms with Crippen LogP contribution in [0.3, 0.4) is 0 Å². The van der Waals surface area contributed by atoms with E-state index in [0.717, 1.165) is 33.7 Å². The van der Waals surface area contributed by atoms with Crippen molar-refractivity contribution in [1.82, 2.24) is 4.98 Å². The maximum Gasteiger partial charge on any atom is 0.142 e. The van der Waals surface area contributed by atoms with Crippen molar-refractivity contribution < 1.29 is 4.74 Å². The van der Waals surface area contributed by atoms with Gasteiger partial charge in [-0.25, -0.2) is 0 Å². The van der Waals surface area contributed by atoms with Crippen LogP contribution in [0.2, 0.25) is 0 Å². The second kappa shape index (κ2) is 10.7. The Hall–Kier alpha value is -4.37. The average molecular weight is 457 g/mol. The van der Waals surface area contributed by atoms with E-state index >= 15 is 0 Å². The summed E-state index contributed by atoms with van der Waals surface area (Å²) in [6.07, 6.45) is 3.79. The van der Waals surface area contributed by atoms with Gasteiger partial charge in [0.1, 0.15) is 12.4 Å². The van der Waals surface area contributed by atoms with E-state index in [0.29, 0.717) is 13.2 Å². The fourth-order valence-corrected chi connectivity index (χ4v) is 4.10. The van der Waals surface area contributed by atoms with Gasteiger partial charge in [-0.3, -0.25) is 4.98 Å². The second-order valence-corrected chi connectivity index (χ2v) is 8.61. The Morgan fingerprint density at radius 1 is 0.686 bits per heavy atom. The maximum atomic E-state index is 6.25. The number of aryl methyl sites for hydroxylation is 1. The molecule has 0 aliphatic carbocycles. The predicted molar refractivity (Wildman–Crippen MR) is 144 cm³/mol. The van der Waals surface area contributed by atoms with Crippen molar-refractivity contribution in [3.8, 4) is 28.0 Å². The minimum absolute atomic E-state index is 0.516. The topological polar surface area (TPSA) is 34.1 Å². The van der Waals surface area contributed by atoms with E-state index in [1.54, 1.807) is 0 Å². The van der Waals surface area contributed by atoms with E-state index in [2.05, 4.69) is 102 Å². The molecule has 3 heteroatoms. The Kier molecular flexibility index (Phi) is 6.86. The van der Waals surface area contributed by atoms with E-state index in [1.165, 1.54) is 16.7 Å². The molecule has 5 rings (SSSR count). The molecule has 0 saturated heterocycles. The zero-order valence-electron chi connectivity index (χ0n) is 19.8. The Bertz CT molecular complexity index is 1380. The van der Waals surface area contributed by atoms with Gasteiger partial charge in [-0.1, -0.05) is 96.6 Å². The number of rotatable bonds is 8. The molecule has 5 aromatic rings. The van der Waals surface area contributed by atoms with E-state index in [1.807, 2.05) is 36.7 Å². The highest BCUT2D eigenvalue weighted by Crippen LogP contribution is 2.36. The number of anilines is 1. The number of aromatic nitrogens is 1. The third-order valence-electron chi connectivity index (χ3n) is 6.04. The Balaban J connectivity index is 1.48. The summed E-state index contributed by atoms with van der Waals surface area (Å²) in [7, 11) is 0. The molecular formula is C32H28N2O. The number of ether oxygens (including phenoxy) is 1. The van der Waals surface area contributed by atoms with E-state index < -0.39 is 0 Å². The number of hydrogen-bond acceptors (Lipinski definition) is 3. The molecule has 0 saturated carbocycles. The Labute approximate surface area is 207 Å². The summed E-state index contributed by atoms with van der Waals surface area (Å²) in [5.41, 5.74) is 9.08. The number of nitrogens with zero attached hydrogens (tertiary/aromatic N) is 1. The fraction of sp³-hybridized carbons (Fsp3) is 0.0938. The van der Waals surface area contributed by atoms with Crippen LogP contribution in [0.5, 0.6) is 5.75 Å². The van der Waals surface area contributed by atoms with Crippen LogP contribution in [0.15, 0.2) is 122 Å². The van der Waals surface area contributed by atoms with Crippen LogP contribution in [0.25, 0.3) is 22.3 Å². The standard InChI is InChI=1S/C32H28N2O/c1-24-12-14-27(15-13-24)29-18-19-33-22-30(29)28-16-17-32(35-23-26-10-6-3-7-11-26)31(20-28)34-21-25-8-4-2-5-9-25/h2-20,22,34H,21,23H2,1H3. The summed E-state index contributed by atoms with van der Waals surface area (Å²) in [5.74, 6) is 0.828. The number of hydrogen-bond donors (Lipinski definition) is 1. The van der Waals surface area contributed by atoms with Crippen LogP contribution in [-0.4, -0.2) is 4.98 Å². The first kappa shape index (κ1) is 22.4.